The Morgan fingerprint density at radius 3 is 2.46 bits per heavy atom. The molecule has 0 spiro atoms. The summed E-state index contributed by atoms with van der Waals surface area (Å²) in [5.41, 5.74) is 0.426. The van der Waals surface area contributed by atoms with Gasteiger partial charge < -0.3 is 0 Å². The van der Waals surface area contributed by atoms with E-state index in [1.165, 1.54) is 6.07 Å². The molecule has 0 bridgehead atoms. The van der Waals surface area contributed by atoms with E-state index in [-0.39, 0.29) is 5.82 Å². The minimum Gasteiger partial charge on any atom is -0.290 e. The number of nitrogens with zero attached hydrogens (tertiary/aromatic N) is 2. The lowest BCUT2D eigenvalue weighted by atomic mass is 10.1. The first kappa shape index (κ1) is 9.69. The molecule has 3 heteroatoms. The largest absolute Gasteiger partial charge is 0.290 e. The van der Waals surface area contributed by atoms with Gasteiger partial charge in [0, 0.05) is 5.56 Å². The van der Waals surface area contributed by atoms with Crippen LogP contribution in [-0.4, -0.2) is 19.0 Å². The Bertz CT molecular complexity index is 328. The second kappa shape index (κ2) is 4.01. The number of rotatable bonds is 2. The van der Waals surface area contributed by atoms with Crippen LogP contribution in [0.4, 0.5) is 4.39 Å². The minimum absolute atomic E-state index is 0.331. The van der Waals surface area contributed by atoms with Crippen molar-refractivity contribution in [1.29, 1.82) is 5.26 Å². The van der Waals surface area contributed by atoms with Crippen LogP contribution in [-0.2, 0) is 0 Å². The summed E-state index contributed by atoms with van der Waals surface area (Å²) in [6.07, 6.45) is 0. The van der Waals surface area contributed by atoms with Gasteiger partial charge in [-0.1, -0.05) is 18.2 Å². The van der Waals surface area contributed by atoms with E-state index in [4.69, 9.17) is 5.26 Å². The second-order valence-corrected chi connectivity index (χ2v) is 3.02. The molecule has 0 aliphatic carbocycles. The molecule has 1 atom stereocenters. The monoisotopic (exact) mass is 178 g/mol. The van der Waals surface area contributed by atoms with Gasteiger partial charge in [0.15, 0.2) is 0 Å². The van der Waals surface area contributed by atoms with Crippen molar-refractivity contribution in [1.82, 2.24) is 4.90 Å². The first-order valence-corrected chi connectivity index (χ1v) is 3.97. The first-order chi connectivity index (χ1) is 6.16. The summed E-state index contributed by atoms with van der Waals surface area (Å²) >= 11 is 0. The molecule has 68 valence electrons. The Morgan fingerprint density at radius 1 is 1.38 bits per heavy atom. The summed E-state index contributed by atoms with van der Waals surface area (Å²) in [7, 11) is 3.50. The van der Waals surface area contributed by atoms with Crippen molar-refractivity contribution < 1.29 is 4.39 Å². The van der Waals surface area contributed by atoms with Gasteiger partial charge in [0.25, 0.3) is 0 Å². The van der Waals surface area contributed by atoms with Gasteiger partial charge >= 0.3 is 0 Å². The quantitative estimate of drug-likeness (QED) is 0.692. The predicted octanol–water partition coefficient (Wildman–Crippen LogP) is 1.95. The first-order valence-electron chi connectivity index (χ1n) is 3.97. The van der Waals surface area contributed by atoms with Crippen molar-refractivity contribution in [2.45, 2.75) is 6.04 Å². The second-order valence-electron chi connectivity index (χ2n) is 3.02. The van der Waals surface area contributed by atoms with Crippen molar-refractivity contribution in [2.24, 2.45) is 0 Å². The minimum atomic E-state index is -0.513. The number of benzene rings is 1. The SMILES string of the molecule is CN(C)[C@H](C#N)c1ccccc1F. The molecule has 1 aromatic rings. The van der Waals surface area contributed by atoms with Crippen LogP contribution in [0.2, 0.25) is 0 Å². The van der Waals surface area contributed by atoms with E-state index in [1.54, 1.807) is 37.2 Å². The van der Waals surface area contributed by atoms with Gasteiger partial charge in [0.2, 0.25) is 0 Å². The molecule has 13 heavy (non-hydrogen) atoms. The summed E-state index contributed by atoms with van der Waals surface area (Å²) in [5, 5.41) is 8.82. The fraction of sp³-hybridized carbons (Fsp3) is 0.300. The fourth-order valence-electron chi connectivity index (χ4n) is 1.16. The lowest BCUT2D eigenvalue weighted by Gasteiger charge is -2.17. The highest BCUT2D eigenvalue weighted by molar-refractivity contribution is 5.25. The van der Waals surface area contributed by atoms with E-state index < -0.39 is 6.04 Å². The molecule has 0 radical (unpaired) electrons. The molecule has 1 aromatic carbocycles. The van der Waals surface area contributed by atoms with E-state index in [2.05, 4.69) is 0 Å². The van der Waals surface area contributed by atoms with Crippen molar-refractivity contribution in [3.63, 3.8) is 0 Å². The van der Waals surface area contributed by atoms with Gasteiger partial charge in [0.1, 0.15) is 11.9 Å². The molecular weight excluding hydrogens is 167 g/mol. The molecule has 0 N–H and O–H groups in total. The van der Waals surface area contributed by atoms with Crippen LogP contribution in [0.25, 0.3) is 0 Å². The topological polar surface area (TPSA) is 27.0 Å². The third-order valence-electron chi connectivity index (χ3n) is 1.84. The van der Waals surface area contributed by atoms with E-state index in [0.717, 1.165) is 0 Å². The van der Waals surface area contributed by atoms with Gasteiger partial charge in [-0.3, -0.25) is 4.90 Å². The average molecular weight is 178 g/mol. The Balaban J connectivity index is 3.07. The lowest BCUT2D eigenvalue weighted by Crippen LogP contribution is -2.19. The number of nitriles is 1. The van der Waals surface area contributed by atoms with Crippen LogP contribution in [0.3, 0.4) is 0 Å². The van der Waals surface area contributed by atoms with Crippen molar-refractivity contribution in [3.05, 3.63) is 35.6 Å². The summed E-state index contributed by atoms with van der Waals surface area (Å²) in [6.45, 7) is 0. The number of halogens is 1. The van der Waals surface area contributed by atoms with Crippen LogP contribution in [0, 0.1) is 17.1 Å². The van der Waals surface area contributed by atoms with E-state index in [9.17, 15) is 4.39 Å². The van der Waals surface area contributed by atoms with Crippen molar-refractivity contribution in [2.75, 3.05) is 14.1 Å². The third kappa shape index (κ3) is 2.04. The molecule has 0 aromatic heterocycles. The molecule has 0 aliphatic rings. The lowest BCUT2D eigenvalue weighted by molar-refractivity contribution is 0.349. The van der Waals surface area contributed by atoms with E-state index >= 15 is 0 Å². The highest BCUT2D eigenvalue weighted by atomic mass is 19.1. The van der Waals surface area contributed by atoms with E-state index in [0.29, 0.717) is 5.56 Å². The standard InChI is InChI=1S/C10H11FN2/c1-13(2)10(7-12)8-5-3-4-6-9(8)11/h3-6,10H,1-2H3/t10-/m1/s1. The summed E-state index contributed by atoms with van der Waals surface area (Å²) < 4.78 is 13.2. The van der Waals surface area contributed by atoms with Crippen molar-refractivity contribution >= 4 is 0 Å². The van der Waals surface area contributed by atoms with Crippen molar-refractivity contribution in [3.8, 4) is 6.07 Å². The molecular formula is C10H11FN2. The van der Waals surface area contributed by atoms with Gasteiger partial charge in [-0.25, -0.2) is 4.39 Å². The van der Waals surface area contributed by atoms with Crippen LogP contribution in [0.5, 0.6) is 0 Å². The molecule has 0 amide bonds. The molecule has 0 aliphatic heterocycles. The Hall–Kier alpha value is -1.40. The van der Waals surface area contributed by atoms with Crippen LogP contribution in [0.15, 0.2) is 24.3 Å². The van der Waals surface area contributed by atoms with E-state index in [1.807, 2.05) is 6.07 Å². The molecule has 0 saturated carbocycles. The van der Waals surface area contributed by atoms with Crippen LogP contribution in [0.1, 0.15) is 11.6 Å². The molecule has 0 saturated heterocycles. The maximum absolute atomic E-state index is 13.2. The van der Waals surface area contributed by atoms with Gasteiger partial charge in [-0.2, -0.15) is 5.26 Å². The molecule has 2 nitrogen and oxygen atoms in total. The number of hydrogen-bond acceptors (Lipinski definition) is 2. The maximum Gasteiger partial charge on any atom is 0.129 e. The van der Waals surface area contributed by atoms with Crippen LogP contribution < -0.4 is 0 Å². The highest BCUT2D eigenvalue weighted by Crippen LogP contribution is 2.19. The average Bonchev–Trinajstić information content (AvgIpc) is 2.09. The van der Waals surface area contributed by atoms with Gasteiger partial charge in [0.05, 0.1) is 6.07 Å². The smallest absolute Gasteiger partial charge is 0.129 e. The van der Waals surface area contributed by atoms with Crippen LogP contribution >= 0.6 is 0 Å². The zero-order chi connectivity index (χ0) is 9.84. The number of hydrogen-bond donors (Lipinski definition) is 0. The maximum atomic E-state index is 13.2. The molecule has 1 rings (SSSR count). The van der Waals surface area contributed by atoms with Gasteiger partial charge in [-0.15, -0.1) is 0 Å². The summed E-state index contributed by atoms with van der Waals surface area (Å²) in [5.74, 6) is -0.331. The Kier molecular flexibility index (Phi) is 2.99. The normalized spacial score (nSPS) is 12.5. The molecule has 0 heterocycles. The third-order valence-corrected chi connectivity index (χ3v) is 1.84. The fourth-order valence-corrected chi connectivity index (χ4v) is 1.16. The highest BCUT2D eigenvalue weighted by Gasteiger charge is 2.15. The zero-order valence-electron chi connectivity index (χ0n) is 7.66. The molecule has 0 unspecified atom stereocenters. The Labute approximate surface area is 77.2 Å². The van der Waals surface area contributed by atoms with Gasteiger partial charge in [-0.05, 0) is 20.2 Å². The zero-order valence-corrected chi connectivity index (χ0v) is 7.66. The predicted molar refractivity (Wildman–Crippen MR) is 48.4 cm³/mol. The Morgan fingerprint density at radius 2 is 2.00 bits per heavy atom. The summed E-state index contributed by atoms with van der Waals surface area (Å²) in [6, 6.07) is 7.87. The summed E-state index contributed by atoms with van der Waals surface area (Å²) in [4.78, 5) is 1.68. The molecule has 0 fully saturated rings.